The van der Waals surface area contributed by atoms with Crippen molar-refractivity contribution in [2.24, 2.45) is 0 Å². The molecular formula is C11H12ClNO2. The van der Waals surface area contributed by atoms with Crippen LogP contribution in [0.3, 0.4) is 0 Å². The van der Waals surface area contributed by atoms with Crippen LogP contribution in [0.2, 0.25) is 5.02 Å². The Morgan fingerprint density at radius 1 is 1.67 bits per heavy atom. The Labute approximate surface area is 93.6 Å². The first-order chi connectivity index (χ1) is 7.06. The van der Waals surface area contributed by atoms with Gasteiger partial charge in [0, 0.05) is 11.6 Å². The average Bonchev–Trinajstić information content (AvgIpc) is 2.18. The van der Waals surface area contributed by atoms with Crippen LogP contribution in [0.1, 0.15) is 5.56 Å². The highest BCUT2D eigenvalue weighted by Crippen LogP contribution is 2.24. The summed E-state index contributed by atoms with van der Waals surface area (Å²) in [6.07, 6.45) is 0.523. The zero-order valence-corrected chi connectivity index (χ0v) is 9.16. The maximum absolute atomic E-state index is 11.0. The van der Waals surface area contributed by atoms with Crippen molar-refractivity contribution in [1.29, 1.82) is 0 Å². The normalized spacial score (nSPS) is 9.73. The summed E-state index contributed by atoms with van der Waals surface area (Å²) in [6.45, 7) is 5.61. The lowest BCUT2D eigenvalue weighted by molar-refractivity contribution is 0.202. The van der Waals surface area contributed by atoms with E-state index in [0.29, 0.717) is 10.7 Å². The van der Waals surface area contributed by atoms with E-state index in [1.165, 1.54) is 11.0 Å². The van der Waals surface area contributed by atoms with E-state index in [0.717, 1.165) is 5.56 Å². The molecule has 0 aliphatic rings. The Kier molecular flexibility index (Phi) is 3.74. The van der Waals surface area contributed by atoms with Crippen molar-refractivity contribution < 1.29 is 9.90 Å². The molecule has 1 rings (SSSR count). The van der Waals surface area contributed by atoms with Crippen LogP contribution in [-0.4, -0.2) is 17.7 Å². The van der Waals surface area contributed by atoms with E-state index in [4.69, 9.17) is 16.7 Å². The van der Waals surface area contributed by atoms with Crippen molar-refractivity contribution in [2.45, 2.75) is 6.92 Å². The van der Waals surface area contributed by atoms with E-state index in [9.17, 15) is 4.79 Å². The molecule has 1 amide bonds. The van der Waals surface area contributed by atoms with E-state index in [2.05, 4.69) is 6.58 Å². The van der Waals surface area contributed by atoms with Crippen LogP contribution in [-0.2, 0) is 0 Å². The summed E-state index contributed by atoms with van der Waals surface area (Å²) in [6, 6.07) is 5.15. The lowest BCUT2D eigenvalue weighted by Gasteiger charge is -2.19. The third-order valence-electron chi connectivity index (χ3n) is 2.00. The van der Waals surface area contributed by atoms with Gasteiger partial charge in [-0.2, -0.15) is 0 Å². The molecule has 0 atom stereocenters. The average molecular weight is 226 g/mol. The van der Waals surface area contributed by atoms with E-state index in [-0.39, 0.29) is 6.54 Å². The van der Waals surface area contributed by atoms with Gasteiger partial charge in [0.15, 0.2) is 0 Å². The predicted molar refractivity (Wildman–Crippen MR) is 61.8 cm³/mol. The van der Waals surface area contributed by atoms with Crippen LogP contribution in [0.5, 0.6) is 0 Å². The number of hydrogen-bond donors (Lipinski definition) is 1. The number of aryl methyl sites for hydroxylation is 1. The smallest absolute Gasteiger partial charge is 0.412 e. The molecule has 0 unspecified atom stereocenters. The molecule has 4 heteroatoms. The number of carboxylic acid groups (broad SMARTS) is 1. The lowest BCUT2D eigenvalue weighted by atomic mass is 10.2. The quantitative estimate of drug-likeness (QED) is 0.802. The number of carbonyl (C=O) groups is 1. The summed E-state index contributed by atoms with van der Waals surface area (Å²) in [4.78, 5) is 12.2. The molecule has 0 aliphatic heterocycles. The minimum absolute atomic E-state index is 0.247. The number of halogens is 1. The molecule has 0 radical (unpaired) electrons. The summed E-state index contributed by atoms with van der Waals surface area (Å²) in [7, 11) is 0. The molecule has 0 heterocycles. The van der Waals surface area contributed by atoms with Crippen LogP contribution in [0.4, 0.5) is 10.5 Å². The van der Waals surface area contributed by atoms with Crippen molar-refractivity contribution in [3.8, 4) is 0 Å². The van der Waals surface area contributed by atoms with Crippen molar-refractivity contribution >= 4 is 23.4 Å². The van der Waals surface area contributed by atoms with Crippen molar-refractivity contribution in [2.75, 3.05) is 11.4 Å². The van der Waals surface area contributed by atoms with Crippen LogP contribution >= 0.6 is 11.6 Å². The first-order valence-corrected chi connectivity index (χ1v) is 4.81. The van der Waals surface area contributed by atoms with E-state index in [1.807, 2.05) is 6.92 Å². The largest absolute Gasteiger partial charge is 0.465 e. The third kappa shape index (κ3) is 2.73. The molecule has 1 N–H and O–H groups in total. The number of hydrogen-bond acceptors (Lipinski definition) is 1. The van der Waals surface area contributed by atoms with Gasteiger partial charge in [-0.25, -0.2) is 4.79 Å². The monoisotopic (exact) mass is 225 g/mol. The highest BCUT2D eigenvalue weighted by molar-refractivity contribution is 6.31. The molecule has 0 aliphatic carbocycles. The molecule has 80 valence electrons. The molecule has 0 spiro atoms. The van der Waals surface area contributed by atoms with E-state index < -0.39 is 6.09 Å². The minimum Gasteiger partial charge on any atom is -0.465 e. The Morgan fingerprint density at radius 2 is 2.33 bits per heavy atom. The predicted octanol–water partition coefficient (Wildman–Crippen LogP) is 3.32. The fourth-order valence-electron chi connectivity index (χ4n) is 1.28. The van der Waals surface area contributed by atoms with Gasteiger partial charge < -0.3 is 5.11 Å². The Balaban J connectivity index is 3.15. The van der Waals surface area contributed by atoms with Crippen LogP contribution < -0.4 is 4.90 Å². The summed E-state index contributed by atoms with van der Waals surface area (Å²) >= 11 is 5.82. The maximum atomic E-state index is 11.0. The fraction of sp³-hybridized carbons (Fsp3) is 0.182. The summed E-state index contributed by atoms with van der Waals surface area (Å²) in [5.74, 6) is 0. The maximum Gasteiger partial charge on any atom is 0.412 e. The molecule has 0 saturated carbocycles. The van der Waals surface area contributed by atoms with Crippen molar-refractivity contribution in [3.63, 3.8) is 0 Å². The van der Waals surface area contributed by atoms with Gasteiger partial charge >= 0.3 is 6.09 Å². The third-order valence-corrected chi connectivity index (χ3v) is 2.24. The summed E-state index contributed by atoms with van der Waals surface area (Å²) < 4.78 is 0. The second kappa shape index (κ2) is 4.84. The van der Waals surface area contributed by atoms with Crippen molar-refractivity contribution in [1.82, 2.24) is 0 Å². The number of anilines is 1. The number of benzene rings is 1. The zero-order valence-electron chi connectivity index (χ0n) is 8.40. The molecule has 15 heavy (non-hydrogen) atoms. The molecule has 1 aromatic carbocycles. The Hall–Kier alpha value is -1.48. The van der Waals surface area contributed by atoms with Crippen LogP contribution in [0.15, 0.2) is 30.9 Å². The van der Waals surface area contributed by atoms with Crippen molar-refractivity contribution in [3.05, 3.63) is 41.4 Å². The van der Waals surface area contributed by atoms with Gasteiger partial charge in [-0.1, -0.05) is 23.7 Å². The second-order valence-corrected chi connectivity index (χ2v) is 3.55. The molecule has 1 aromatic rings. The highest BCUT2D eigenvalue weighted by Gasteiger charge is 2.14. The zero-order chi connectivity index (χ0) is 11.4. The van der Waals surface area contributed by atoms with E-state index >= 15 is 0 Å². The fourth-order valence-corrected chi connectivity index (χ4v) is 1.45. The number of rotatable bonds is 3. The molecule has 0 aromatic heterocycles. The molecule has 0 fully saturated rings. The lowest BCUT2D eigenvalue weighted by Crippen LogP contribution is -2.29. The summed E-state index contributed by atoms with van der Waals surface area (Å²) in [5.41, 5.74) is 1.46. The Morgan fingerprint density at radius 3 is 2.87 bits per heavy atom. The SMILES string of the molecule is C=CCN(C(=O)O)c1cc(Cl)ccc1C. The first kappa shape index (κ1) is 11.6. The van der Waals surface area contributed by atoms with Crippen LogP contribution in [0, 0.1) is 6.92 Å². The highest BCUT2D eigenvalue weighted by atomic mass is 35.5. The molecule has 0 saturated heterocycles. The topological polar surface area (TPSA) is 40.5 Å². The van der Waals surface area contributed by atoms with Gasteiger partial charge in [0.25, 0.3) is 0 Å². The van der Waals surface area contributed by atoms with Gasteiger partial charge in [0.1, 0.15) is 0 Å². The second-order valence-electron chi connectivity index (χ2n) is 3.11. The van der Waals surface area contributed by atoms with Crippen LogP contribution in [0.25, 0.3) is 0 Å². The first-order valence-electron chi connectivity index (χ1n) is 4.43. The van der Waals surface area contributed by atoms with Gasteiger partial charge in [-0.05, 0) is 24.6 Å². The molecule has 0 bridgehead atoms. The van der Waals surface area contributed by atoms with Gasteiger partial charge in [-0.3, -0.25) is 4.90 Å². The van der Waals surface area contributed by atoms with Gasteiger partial charge in [-0.15, -0.1) is 6.58 Å². The van der Waals surface area contributed by atoms with Gasteiger partial charge in [0.2, 0.25) is 0 Å². The minimum atomic E-state index is -1.01. The number of amides is 1. The number of nitrogens with zero attached hydrogens (tertiary/aromatic N) is 1. The standard InChI is InChI=1S/C11H12ClNO2/c1-3-6-13(11(14)15)10-7-9(12)5-4-8(10)2/h3-5,7H,1,6H2,2H3,(H,14,15). The summed E-state index contributed by atoms with van der Waals surface area (Å²) in [5, 5.41) is 9.53. The Bertz CT molecular complexity index is 390. The van der Waals surface area contributed by atoms with E-state index in [1.54, 1.807) is 18.2 Å². The molecular weight excluding hydrogens is 214 g/mol. The van der Waals surface area contributed by atoms with Gasteiger partial charge in [0.05, 0.1) is 5.69 Å². The molecule has 3 nitrogen and oxygen atoms in total.